The molecule has 3 rings (SSSR count). The molecule has 1 aromatic carbocycles. The van der Waals surface area contributed by atoms with E-state index in [0.29, 0.717) is 19.6 Å². The van der Waals surface area contributed by atoms with Crippen LogP contribution in [0.25, 0.3) is 0 Å². The van der Waals surface area contributed by atoms with Gasteiger partial charge in [0.1, 0.15) is 0 Å². The summed E-state index contributed by atoms with van der Waals surface area (Å²) in [4.78, 5) is 16.4. The number of aliphatic imine (C=N–C) groups is 1. The molecule has 1 amide bonds. The minimum atomic E-state index is 0. The van der Waals surface area contributed by atoms with Crippen molar-refractivity contribution in [2.24, 2.45) is 10.9 Å². The van der Waals surface area contributed by atoms with Crippen LogP contribution in [-0.4, -0.2) is 41.3 Å². The van der Waals surface area contributed by atoms with Gasteiger partial charge in [-0.15, -0.1) is 24.0 Å². The summed E-state index contributed by atoms with van der Waals surface area (Å²) in [5.74, 6) is 1.18. The van der Waals surface area contributed by atoms with Gasteiger partial charge >= 0.3 is 0 Å². The summed E-state index contributed by atoms with van der Waals surface area (Å²) in [6.45, 7) is 5.40. The number of guanidine groups is 1. The molecular weight excluding hydrogens is 467 g/mol. The van der Waals surface area contributed by atoms with Gasteiger partial charge < -0.3 is 16.0 Å². The monoisotopic (exact) mass is 496 g/mol. The van der Waals surface area contributed by atoms with Crippen LogP contribution in [0.4, 0.5) is 0 Å². The number of nitrogens with one attached hydrogen (secondary N) is 3. The van der Waals surface area contributed by atoms with Crippen molar-refractivity contribution in [1.82, 2.24) is 25.7 Å². The van der Waals surface area contributed by atoms with E-state index in [1.807, 2.05) is 36.0 Å². The zero-order chi connectivity index (χ0) is 18.9. The SMILES string of the molecule is CCNC(=NCc1ccccc1Cn1cccn1)NCCNC(=O)C1CC1.I. The Morgan fingerprint density at radius 3 is 2.57 bits per heavy atom. The molecule has 2 aromatic rings. The van der Waals surface area contributed by atoms with E-state index in [0.717, 1.165) is 31.9 Å². The van der Waals surface area contributed by atoms with E-state index in [-0.39, 0.29) is 35.8 Å². The van der Waals surface area contributed by atoms with E-state index in [9.17, 15) is 4.79 Å². The first kappa shape index (κ1) is 22.2. The molecule has 28 heavy (non-hydrogen) atoms. The van der Waals surface area contributed by atoms with E-state index in [1.165, 1.54) is 11.1 Å². The van der Waals surface area contributed by atoms with Gasteiger partial charge in [-0.3, -0.25) is 9.48 Å². The van der Waals surface area contributed by atoms with Crippen molar-refractivity contribution in [3.05, 3.63) is 53.9 Å². The Hall–Kier alpha value is -2.10. The van der Waals surface area contributed by atoms with Crippen LogP contribution in [-0.2, 0) is 17.9 Å². The highest BCUT2D eigenvalue weighted by Gasteiger charge is 2.28. The normalized spacial score (nSPS) is 13.5. The van der Waals surface area contributed by atoms with Crippen LogP contribution in [0, 0.1) is 5.92 Å². The third kappa shape index (κ3) is 7.14. The number of rotatable bonds is 9. The second kappa shape index (κ2) is 11.7. The molecule has 152 valence electrons. The highest BCUT2D eigenvalue weighted by molar-refractivity contribution is 14.0. The fourth-order valence-corrected chi connectivity index (χ4v) is 2.80. The first-order chi connectivity index (χ1) is 13.3. The second-order valence-corrected chi connectivity index (χ2v) is 6.66. The van der Waals surface area contributed by atoms with E-state index in [4.69, 9.17) is 0 Å². The average Bonchev–Trinajstić information content (AvgIpc) is 3.41. The summed E-state index contributed by atoms with van der Waals surface area (Å²) in [5.41, 5.74) is 2.38. The predicted molar refractivity (Wildman–Crippen MR) is 122 cm³/mol. The van der Waals surface area contributed by atoms with Crippen LogP contribution in [0.2, 0.25) is 0 Å². The van der Waals surface area contributed by atoms with Crippen LogP contribution in [0.15, 0.2) is 47.7 Å². The van der Waals surface area contributed by atoms with Crippen molar-refractivity contribution in [3.8, 4) is 0 Å². The summed E-state index contributed by atoms with van der Waals surface area (Å²) in [6.07, 6.45) is 5.81. The molecule has 0 saturated heterocycles. The van der Waals surface area contributed by atoms with Gasteiger partial charge in [0.05, 0.1) is 13.1 Å². The molecule has 0 radical (unpaired) electrons. The Kier molecular flexibility index (Phi) is 9.26. The van der Waals surface area contributed by atoms with Gasteiger partial charge in [-0.25, -0.2) is 4.99 Å². The molecule has 0 atom stereocenters. The maximum absolute atomic E-state index is 11.7. The molecule has 0 unspecified atom stereocenters. The van der Waals surface area contributed by atoms with Crippen LogP contribution >= 0.6 is 24.0 Å². The predicted octanol–water partition coefficient (Wildman–Crippen LogP) is 2.13. The molecule has 1 fully saturated rings. The summed E-state index contributed by atoms with van der Waals surface area (Å²) < 4.78 is 1.91. The molecule has 1 aromatic heterocycles. The minimum absolute atomic E-state index is 0. The van der Waals surface area contributed by atoms with Gasteiger partial charge in [0, 0.05) is 37.9 Å². The van der Waals surface area contributed by atoms with Crippen molar-refractivity contribution in [3.63, 3.8) is 0 Å². The molecule has 0 bridgehead atoms. The van der Waals surface area contributed by atoms with E-state index in [2.05, 4.69) is 38.2 Å². The lowest BCUT2D eigenvalue weighted by molar-refractivity contribution is -0.122. The van der Waals surface area contributed by atoms with Crippen molar-refractivity contribution in [1.29, 1.82) is 0 Å². The molecule has 7 nitrogen and oxygen atoms in total. The standard InChI is InChI=1S/C20H28N6O.HI/c1-2-21-20(23-12-11-22-19(27)16-8-9-16)24-14-17-6-3-4-7-18(17)15-26-13-5-10-25-26;/h3-7,10,13,16H,2,8-9,11-12,14-15H2,1H3,(H,22,27)(H2,21,23,24);1H. The number of nitrogens with zero attached hydrogens (tertiary/aromatic N) is 3. The Morgan fingerprint density at radius 1 is 1.14 bits per heavy atom. The van der Waals surface area contributed by atoms with E-state index in [1.54, 1.807) is 6.20 Å². The Balaban J connectivity index is 0.00000280. The minimum Gasteiger partial charge on any atom is -0.357 e. The Bertz CT molecular complexity index is 758. The number of carbonyl (C=O) groups is 1. The van der Waals surface area contributed by atoms with Crippen molar-refractivity contribution >= 4 is 35.8 Å². The Morgan fingerprint density at radius 2 is 1.89 bits per heavy atom. The Labute approximate surface area is 183 Å². The molecule has 1 aliphatic carbocycles. The summed E-state index contributed by atoms with van der Waals surface area (Å²) in [5, 5.41) is 13.8. The summed E-state index contributed by atoms with van der Waals surface area (Å²) >= 11 is 0. The van der Waals surface area contributed by atoms with Gasteiger partial charge in [0.2, 0.25) is 5.91 Å². The van der Waals surface area contributed by atoms with Crippen LogP contribution < -0.4 is 16.0 Å². The van der Waals surface area contributed by atoms with Crippen molar-refractivity contribution in [2.45, 2.75) is 32.9 Å². The van der Waals surface area contributed by atoms with Gasteiger partial charge in [-0.05, 0) is 37.0 Å². The maximum atomic E-state index is 11.7. The number of benzene rings is 1. The molecule has 1 saturated carbocycles. The van der Waals surface area contributed by atoms with Gasteiger partial charge in [0.25, 0.3) is 0 Å². The molecule has 8 heteroatoms. The zero-order valence-electron chi connectivity index (χ0n) is 16.2. The fraction of sp³-hybridized carbons (Fsp3) is 0.450. The number of hydrogen-bond acceptors (Lipinski definition) is 3. The quantitative estimate of drug-likeness (QED) is 0.215. The smallest absolute Gasteiger partial charge is 0.223 e. The van der Waals surface area contributed by atoms with E-state index >= 15 is 0 Å². The molecule has 3 N–H and O–H groups in total. The lowest BCUT2D eigenvalue weighted by Gasteiger charge is -2.13. The number of aromatic nitrogens is 2. The zero-order valence-corrected chi connectivity index (χ0v) is 18.6. The fourth-order valence-electron chi connectivity index (χ4n) is 2.80. The molecule has 1 aliphatic rings. The van der Waals surface area contributed by atoms with Crippen molar-refractivity contribution in [2.75, 3.05) is 19.6 Å². The average molecular weight is 496 g/mol. The van der Waals surface area contributed by atoms with Gasteiger partial charge in [-0.2, -0.15) is 5.10 Å². The number of hydrogen-bond donors (Lipinski definition) is 3. The van der Waals surface area contributed by atoms with Crippen molar-refractivity contribution < 1.29 is 4.79 Å². The lowest BCUT2D eigenvalue weighted by Crippen LogP contribution is -2.41. The maximum Gasteiger partial charge on any atom is 0.223 e. The first-order valence-electron chi connectivity index (χ1n) is 9.60. The van der Waals surface area contributed by atoms with Crippen LogP contribution in [0.1, 0.15) is 30.9 Å². The topological polar surface area (TPSA) is 83.3 Å². The third-order valence-electron chi connectivity index (χ3n) is 4.43. The van der Waals surface area contributed by atoms with Crippen LogP contribution in [0.3, 0.4) is 0 Å². The van der Waals surface area contributed by atoms with Crippen LogP contribution in [0.5, 0.6) is 0 Å². The number of halogens is 1. The molecule has 1 heterocycles. The second-order valence-electron chi connectivity index (χ2n) is 6.66. The summed E-state index contributed by atoms with van der Waals surface area (Å²) in [6, 6.07) is 10.2. The number of amides is 1. The largest absolute Gasteiger partial charge is 0.357 e. The van der Waals surface area contributed by atoms with Gasteiger partial charge in [0.15, 0.2) is 5.96 Å². The van der Waals surface area contributed by atoms with E-state index < -0.39 is 0 Å². The number of carbonyl (C=O) groups excluding carboxylic acids is 1. The lowest BCUT2D eigenvalue weighted by atomic mass is 10.1. The first-order valence-corrected chi connectivity index (χ1v) is 9.60. The highest BCUT2D eigenvalue weighted by Crippen LogP contribution is 2.28. The highest BCUT2D eigenvalue weighted by atomic mass is 127. The molecule has 0 aliphatic heterocycles. The third-order valence-corrected chi connectivity index (χ3v) is 4.43. The molecular formula is C20H29IN6O. The summed E-state index contributed by atoms with van der Waals surface area (Å²) in [7, 11) is 0. The molecule has 0 spiro atoms. The van der Waals surface area contributed by atoms with Gasteiger partial charge in [-0.1, -0.05) is 24.3 Å².